The zero-order valence-electron chi connectivity index (χ0n) is 20.6. The summed E-state index contributed by atoms with van der Waals surface area (Å²) in [6.07, 6.45) is -17.9. The van der Waals surface area contributed by atoms with E-state index in [9.17, 15) is 57.9 Å². The van der Waals surface area contributed by atoms with E-state index >= 15 is 4.39 Å². The van der Waals surface area contributed by atoms with Gasteiger partial charge in [0.05, 0.1) is 22.2 Å². The number of nitrogens with two attached hydrogens (primary N) is 1. The zero-order valence-corrected chi connectivity index (χ0v) is 22.1. The van der Waals surface area contributed by atoms with Crippen LogP contribution in [0.5, 0.6) is 0 Å². The largest absolute Gasteiger partial charge is 0.435 e. The molecule has 2 aromatic rings. The number of benzene rings is 2. The van der Waals surface area contributed by atoms with Crippen LogP contribution in [-0.4, -0.2) is 24.2 Å². The molecule has 0 fully saturated rings. The van der Waals surface area contributed by atoms with E-state index in [2.05, 4.69) is 15.9 Å². The van der Waals surface area contributed by atoms with Gasteiger partial charge in [0.2, 0.25) is 5.91 Å². The maximum atomic E-state index is 15.6. The SMILES string of the molecule is CC1(c2cccc(C(=O)Nc3c(Br)cc(C(F)(C(F)(F)F)C(F)(F)F)cc3C(F)(F)F)c2F)CC(C(N)=O)=CC=C1F. The van der Waals surface area contributed by atoms with E-state index in [1.807, 2.05) is 0 Å². The summed E-state index contributed by atoms with van der Waals surface area (Å²) in [4.78, 5) is 24.5. The minimum Gasteiger partial charge on any atom is -0.366 e. The number of primary amides is 1. The summed E-state index contributed by atoms with van der Waals surface area (Å²) in [5.41, 5.74) is -11.0. The van der Waals surface area contributed by atoms with Gasteiger partial charge in [-0.25, -0.2) is 13.2 Å². The summed E-state index contributed by atoms with van der Waals surface area (Å²) in [5, 5.41) is 1.55. The van der Waals surface area contributed by atoms with Gasteiger partial charge in [-0.15, -0.1) is 0 Å². The van der Waals surface area contributed by atoms with E-state index in [0.29, 0.717) is 0 Å². The molecule has 228 valence electrons. The predicted molar refractivity (Wildman–Crippen MR) is 127 cm³/mol. The lowest BCUT2D eigenvalue weighted by Gasteiger charge is -2.32. The summed E-state index contributed by atoms with van der Waals surface area (Å²) >= 11 is 2.33. The molecular weight excluding hydrogens is 668 g/mol. The van der Waals surface area contributed by atoms with E-state index in [4.69, 9.17) is 5.73 Å². The first kappa shape index (κ1) is 33.0. The minimum absolute atomic E-state index is 0.131. The Morgan fingerprint density at radius 3 is 2.00 bits per heavy atom. The molecule has 0 heterocycles. The Morgan fingerprint density at radius 1 is 0.929 bits per heavy atom. The lowest BCUT2D eigenvalue weighted by molar-refractivity contribution is -0.348. The second-order valence-corrected chi connectivity index (χ2v) is 10.1. The number of nitrogens with one attached hydrogen (secondary N) is 1. The Hall–Kier alpha value is -3.50. The summed E-state index contributed by atoms with van der Waals surface area (Å²) in [6, 6.07) is 1.70. The van der Waals surface area contributed by atoms with Gasteiger partial charge in [0.25, 0.3) is 5.91 Å². The number of rotatable bonds is 5. The second kappa shape index (κ2) is 10.6. The summed E-state index contributed by atoms with van der Waals surface area (Å²) in [6.45, 7) is 1.14. The van der Waals surface area contributed by atoms with Gasteiger partial charge < -0.3 is 11.1 Å². The molecular formula is C25H15BrF12N2O2. The third kappa shape index (κ3) is 5.62. The van der Waals surface area contributed by atoms with Crippen LogP contribution in [0.2, 0.25) is 0 Å². The highest BCUT2D eigenvalue weighted by molar-refractivity contribution is 9.10. The molecule has 0 aromatic heterocycles. The van der Waals surface area contributed by atoms with Gasteiger partial charge in [0.15, 0.2) is 0 Å². The number of hydrogen-bond acceptors (Lipinski definition) is 2. The fraction of sp³-hybridized carbons (Fsp3) is 0.280. The number of alkyl halides is 10. The smallest absolute Gasteiger partial charge is 0.366 e. The molecule has 1 aliphatic carbocycles. The molecule has 3 rings (SSSR count). The maximum Gasteiger partial charge on any atom is 0.435 e. The van der Waals surface area contributed by atoms with Crippen molar-refractivity contribution in [1.82, 2.24) is 0 Å². The van der Waals surface area contributed by atoms with Crippen LogP contribution in [0.3, 0.4) is 0 Å². The first-order chi connectivity index (χ1) is 19.0. The van der Waals surface area contributed by atoms with E-state index in [0.717, 1.165) is 37.3 Å². The van der Waals surface area contributed by atoms with E-state index in [1.165, 1.54) is 0 Å². The molecule has 4 nitrogen and oxygen atoms in total. The summed E-state index contributed by atoms with van der Waals surface area (Å²) in [7, 11) is 0. The quantitative estimate of drug-likeness (QED) is 0.313. The number of allylic oxidation sites excluding steroid dienone is 3. The molecule has 1 aliphatic rings. The number of carbonyl (C=O) groups is 2. The summed E-state index contributed by atoms with van der Waals surface area (Å²) in [5.74, 6) is -5.13. The molecule has 0 saturated carbocycles. The molecule has 0 spiro atoms. The molecule has 0 radical (unpaired) electrons. The highest BCUT2D eigenvalue weighted by atomic mass is 79.9. The highest BCUT2D eigenvalue weighted by Crippen LogP contribution is 2.55. The Balaban J connectivity index is 2.14. The molecule has 1 atom stereocenters. The van der Waals surface area contributed by atoms with E-state index in [1.54, 1.807) is 5.32 Å². The number of anilines is 1. The van der Waals surface area contributed by atoms with Crippen LogP contribution in [0.1, 0.15) is 40.4 Å². The summed E-state index contributed by atoms with van der Waals surface area (Å²) < 4.78 is 164. The Kier molecular flexibility index (Phi) is 8.37. The van der Waals surface area contributed by atoms with Gasteiger partial charge in [-0.05, 0) is 53.5 Å². The van der Waals surface area contributed by atoms with E-state index in [-0.39, 0.29) is 11.6 Å². The predicted octanol–water partition coefficient (Wildman–Crippen LogP) is 8.08. The number of carbonyl (C=O) groups excluding carboxylic acids is 2. The molecule has 2 amide bonds. The van der Waals surface area contributed by atoms with Gasteiger partial charge in [-0.2, -0.15) is 39.5 Å². The van der Waals surface area contributed by atoms with Crippen molar-refractivity contribution in [1.29, 1.82) is 0 Å². The van der Waals surface area contributed by atoms with Crippen LogP contribution in [0.15, 0.2) is 58.4 Å². The number of amides is 2. The molecule has 0 bridgehead atoms. The van der Waals surface area contributed by atoms with Crippen LogP contribution < -0.4 is 11.1 Å². The first-order valence-corrected chi connectivity index (χ1v) is 12.0. The van der Waals surface area contributed by atoms with Crippen molar-refractivity contribution >= 4 is 33.4 Å². The van der Waals surface area contributed by atoms with Crippen LogP contribution >= 0.6 is 15.9 Å². The third-order valence-electron chi connectivity index (χ3n) is 6.47. The Morgan fingerprint density at radius 2 is 1.50 bits per heavy atom. The monoisotopic (exact) mass is 682 g/mol. The number of halogens is 13. The third-order valence-corrected chi connectivity index (χ3v) is 7.09. The van der Waals surface area contributed by atoms with Crippen molar-refractivity contribution in [3.05, 3.63) is 86.4 Å². The Labute approximate surface area is 236 Å². The van der Waals surface area contributed by atoms with E-state index < -0.39 is 98.0 Å². The molecule has 0 saturated heterocycles. The minimum atomic E-state index is -6.75. The average molecular weight is 683 g/mol. The fourth-order valence-corrected chi connectivity index (χ4v) is 4.79. The average Bonchev–Trinajstić information content (AvgIpc) is 2.84. The van der Waals surface area contributed by atoms with Crippen molar-refractivity contribution < 1.29 is 62.3 Å². The van der Waals surface area contributed by atoms with Gasteiger partial charge in [-0.3, -0.25) is 9.59 Å². The van der Waals surface area contributed by atoms with Gasteiger partial charge in [0, 0.05) is 21.2 Å². The fourth-order valence-electron chi connectivity index (χ4n) is 4.23. The maximum absolute atomic E-state index is 15.6. The van der Waals surface area contributed by atoms with Gasteiger partial charge in [0.1, 0.15) is 11.6 Å². The van der Waals surface area contributed by atoms with Crippen LogP contribution in [0.4, 0.5) is 58.4 Å². The van der Waals surface area contributed by atoms with Crippen molar-refractivity contribution in [2.24, 2.45) is 5.73 Å². The van der Waals surface area contributed by atoms with Crippen LogP contribution in [0, 0.1) is 5.82 Å². The molecule has 2 aromatic carbocycles. The van der Waals surface area contributed by atoms with Gasteiger partial charge in [-0.1, -0.05) is 18.2 Å². The van der Waals surface area contributed by atoms with Gasteiger partial charge >= 0.3 is 24.2 Å². The molecule has 42 heavy (non-hydrogen) atoms. The van der Waals surface area contributed by atoms with Crippen molar-refractivity contribution in [3.63, 3.8) is 0 Å². The Bertz CT molecular complexity index is 1490. The molecule has 17 heteroatoms. The highest BCUT2D eigenvalue weighted by Gasteiger charge is 2.73. The topological polar surface area (TPSA) is 72.2 Å². The normalized spacial score (nSPS) is 18.3. The zero-order chi connectivity index (χ0) is 32.2. The first-order valence-electron chi connectivity index (χ1n) is 11.2. The molecule has 1 unspecified atom stereocenters. The standard InChI is InChI=1S/C25H15BrF12N2O2/c1-21(9-10(19(39)41)5-6-16(21)27)13-4-2-3-12(17(13)28)20(42)40-18-14(23(30,31)32)7-11(8-15(18)26)22(29,24(33,34)35)25(36,37)38/h2-8H,9H2,1H3,(H2,39,41)(H,40,42). The lowest BCUT2D eigenvalue weighted by atomic mass is 9.73. The van der Waals surface area contributed by atoms with Crippen molar-refractivity contribution in [2.75, 3.05) is 5.32 Å². The molecule has 0 aliphatic heterocycles. The van der Waals surface area contributed by atoms with Crippen molar-refractivity contribution in [2.45, 2.75) is 43.0 Å². The number of hydrogen-bond donors (Lipinski definition) is 2. The van der Waals surface area contributed by atoms with Crippen LogP contribution in [0.25, 0.3) is 0 Å². The second-order valence-electron chi connectivity index (χ2n) is 9.23. The van der Waals surface area contributed by atoms with Crippen LogP contribution in [-0.2, 0) is 22.1 Å². The molecule has 3 N–H and O–H groups in total. The van der Waals surface area contributed by atoms with Crippen molar-refractivity contribution in [3.8, 4) is 0 Å². The lowest BCUT2D eigenvalue weighted by Crippen LogP contribution is -2.50.